The molecule has 3 aromatic rings. The lowest BCUT2D eigenvalue weighted by Gasteiger charge is -2.12. The number of carbonyl (C=O) groups is 1. The molecule has 0 saturated heterocycles. The van der Waals surface area contributed by atoms with Gasteiger partial charge in [-0.2, -0.15) is 13.2 Å². The van der Waals surface area contributed by atoms with Gasteiger partial charge in [0, 0.05) is 17.3 Å². The van der Waals surface area contributed by atoms with Gasteiger partial charge in [-0.25, -0.2) is 4.98 Å². The van der Waals surface area contributed by atoms with E-state index in [-0.39, 0.29) is 11.7 Å². The number of pyridine rings is 2. The monoisotopic (exact) mass is 424 g/mol. The number of halogens is 3. The molecule has 0 aliphatic carbocycles. The molecule has 8 heteroatoms. The minimum atomic E-state index is -4.52. The van der Waals surface area contributed by atoms with Crippen molar-refractivity contribution in [3.63, 3.8) is 0 Å². The summed E-state index contributed by atoms with van der Waals surface area (Å²) in [5.74, 6) is 5.85. The van der Waals surface area contributed by atoms with E-state index in [0.29, 0.717) is 16.8 Å². The third-order valence-electron chi connectivity index (χ3n) is 4.40. The topological polar surface area (TPSA) is 66.9 Å². The zero-order valence-corrected chi connectivity index (χ0v) is 16.8. The Morgan fingerprint density at radius 1 is 1.03 bits per heavy atom. The number of aromatic nitrogens is 2. The maximum Gasteiger partial charge on any atom is 0.433 e. The second-order valence-electron chi connectivity index (χ2n) is 6.67. The van der Waals surface area contributed by atoms with Gasteiger partial charge in [0.15, 0.2) is 0 Å². The smallest absolute Gasteiger partial charge is 0.309 e. The van der Waals surface area contributed by atoms with E-state index < -0.39 is 17.9 Å². The normalized spacial score (nSPS) is 11.9. The van der Waals surface area contributed by atoms with Crippen LogP contribution in [0.3, 0.4) is 0 Å². The molecule has 158 valence electrons. The fourth-order valence-corrected chi connectivity index (χ4v) is 2.58. The van der Waals surface area contributed by atoms with Crippen molar-refractivity contribution in [1.82, 2.24) is 15.3 Å². The number of nitrogens with one attached hydrogen (secondary N) is 2. The standard InChI is InChI=1S/C23H19F3N4O/c1-15(27-2)22(31)30-21-13-18(17-9-11-20(28-14-17)23(24,25)26)12-19(29-21)10-8-16-6-4-3-5-7-16/h3-7,9,11-15,27H,1-2H3,(H,29,30,31). The first-order valence-electron chi connectivity index (χ1n) is 9.37. The van der Waals surface area contributed by atoms with Crippen LogP contribution in [0.15, 0.2) is 60.8 Å². The molecule has 1 atom stereocenters. The molecular weight excluding hydrogens is 405 g/mol. The van der Waals surface area contributed by atoms with E-state index in [1.807, 2.05) is 30.3 Å². The van der Waals surface area contributed by atoms with E-state index in [2.05, 4.69) is 32.4 Å². The van der Waals surface area contributed by atoms with Gasteiger partial charge < -0.3 is 10.6 Å². The van der Waals surface area contributed by atoms with Gasteiger partial charge in [-0.1, -0.05) is 30.2 Å². The fraction of sp³-hybridized carbons (Fsp3) is 0.174. The Labute approximate surface area is 177 Å². The molecule has 5 nitrogen and oxygen atoms in total. The van der Waals surface area contributed by atoms with Crippen LogP contribution in [0.5, 0.6) is 0 Å². The Hall–Kier alpha value is -3.70. The highest BCUT2D eigenvalue weighted by atomic mass is 19.4. The van der Waals surface area contributed by atoms with Gasteiger partial charge >= 0.3 is 6.18 Å². The summed E-state index contributed by atoms with van der Waals surface area (Å²) in [6.07, 6.45) is -3.39. The van der Waals surface area contributed by atoms with Crippen molar-refractivity contribution in [3.05, 3.63) is 77.7 Å². The number of nitrogens with zero attached hydrogens (tertiary/aromatic N) is 2. The molecule has 2 aromatic heterocycles. The number of carbonyl (C=O) groups excluding carboxylic acids is 1. The van der Waals surface area contributed by atoms with Gasteiger partial charge in [0.05, 0.1) is 6.04 Å². The zero-order valence-electron chi connectivity index (χ0n) is 16.8. The molecule has 3 rings (SSSR count). The Kier molecular flexibility index (Phi) is 6.68. The second kappa shape index (κ2) is 9.41. The SMILES string of the molecule is CNC(C)C(=O)Nc1cc(-c2ccc(C(F)(F)F)nc2)cc(C#Cc2ccccc2)n1. The molecule has 2 heterocycles. The number of benzene rings is 1. The van der Waals surface area contributed by atoms with Crippen molar-refractivity contribution in [2.75, 3.05) is 12.4 Å². The average molecular weight is 424 g/mol. The van der Waals surface area contributed by atoms with Crippen LogP contribution in [0.2, 0.25) is 0 Å². The first-order chi connectivity index (χ1) is 14.8. The molecule has 0 spiro atoms. The fourth-order valence-electron chi connectivity index (χ4n) is 2.58. The van der Waals surface area contributed by atoms with Crippen molar-refractivity contribution in [3.8, 4) is 23.0 Å². The summed E-state index contributed by atoms with van der Waals surface area (Å²) in [6.45, 7) is 1.69. The minimum Gasteiger partial charge on any atom is -0.309 e. The summed E-state index contributed by atoms with van der Waals surface area (Å²) in [5.41, 5.74) is 1.12. The van der Waals surface area contributed by atoms with Crippen molar-refractivity contribution < 1.29 is 18.0 Å². The zero-order chi connectivity index (χ0) is 22.4. The lowest BCUT2D eigenvalue weighted by molar-refractivity contribution is -0.141. The van der Waals surface area contributed by atoms with Crippen LogP contribution < -0.4 is 10.6 Å². The van der Waals surface area contributed by atoms with Crippen LogP contribution >= 0.6 is 0 Å². The Morgan fingerprint density at radius 3 is 2.39 bits per heavy atom. The Morgan fingerprint density at radius 2 is 1.77 bits per heavy atom. The van der Waals surface area contributed by atoms with E-state index in [9.17, 15) is 18.0 Å². The van der Waals surface area contributed by atoms with E-state index in [1.165, 1.54) is 6.07 Å². The molecule has 0 radical (unpaired) electrons. The summed E-state index contributed by atoms with van der Waals surface area (Å²) < 4.78 is 38.5. The van der Waals surface area contributed by atoms with Crippen LogP contribution in [0.1, 0.15) is 23.9 Å². The number of likely N-dealkylation sites (N-methyl/N-ethyl adjacent to an activating group) is 1. The number of rotatable bonds is 4. The molecule has 0 aliphatic rings. The second-order valence-corrected chi connectivity index (χ2v) is 6.67. The summed E-state index contributed by atoms with van der Waals surface area (Å²) in [4.78, 5) is 20.1. The van der Waals surface area contributed by atoms with Crippen LogP contribution in [-0.2, 0) is 11.0 Å². The molecule has 0 aliphatic heterocycles. The maximum atomic E-state index is 12.8. The van der Waals surface area contributed by atoms with Crippen LogP contribution in [0.4, 0.5) is 19.0 Å². The van der Waals surface area contributed by atoms with Crippen LogP contribution in [-0.4, -0.2) is 29.0 Å². The molecule has 1 aromatic carbocycles. The highest BCUT2D eigenvalue weighted by Crippen LogP contribution is 2.29. The average Bonchev–Trinajstić information content (AvgIpc) is 2.77. The third kappa shape index (κ3) is 5.90. The number of anilines is 1. The lowest BCUT2D eigenvalue weighted by atomic mass is 10.1. The number of hydrogen-bond acceptors (Lipinski definition) is 4. The van der Waals surface area contributed by atoms with Gasteiger partial charge in [-0.05, 0) is 55.8 Å². The minimum absolute atomic E-state index is 0.238. The van der Waals surface area contributed by atoms with E-state index in [4.69, 9.17) is 0 Å². The maximum absolute atomic E-state index is 12.8. The highest BCUT2D eigenvalue weighted by Gasteiger charge is 2.32. The molecule has 1 amide bonds. The van der Waals surface area contributed by atoms with Crippen LogP contribution in [0, 0.1) is 11.8 Å². The molecule has 0 saturated carbocycles. The first-order valence-corrected chi connectivity index (χ1v) is 9.37. The molecule has 1 unspecified atom stereocenters. The van der Waals surface area contributed by atoms with Gasteiger partial charge in [0.2, 0.25) is 5.91 Å². The predicted molar refractivity (Wildman–Crippen MR) is 112 cm³/mol. The van der Waals surface area contributed by atoms with Crippen molar-refractivity contribution in [2.45, 2.75) is 19.1 Å². The summed E-state index contributed by atoms with van der Waals surface area (Å²) in [6, 6.07) is 14.2. The molecule has 31 heavy (non-hydrogen) atoms. The molecule has 2 N–H and O–H groups in total. The van der Waals surface area contributed by atoms with Gasteiger partial charge in [-0.3, -0.25) is 9.78 Å². The van der Waals surface area contributed by atoms with Gasteiger partial charge in [-0.15, -0.1) is 0 Å². The summed E-state index contributed by atoms with van der Waals surface area (Å²) >= 11 is 0. The summed E-state index contributed by atoms with van der Waals surface area (Å²) in [7, 11) is 1.65. The largest absolute Gasteiger partial charge is 0.433 e. The Bertz CT molecular complexity index is 1120. The number of amides is 1. The summed E-state index contributed by atoms with van der Waals surface area (Å²) in [5, 5.41) is 5.52. The number of hydrogen-bond donors (Lipinski definition) is 2. The highest BCUT2D eigenvalue weighted by molar-refractivity contribution is 5.94. The Balaban J connectivity index is 2.00. The third-order valence-corrected chi connectivity index (χ3v) is 4.40. The van der Waals surface area contributed by atoms with Crippen molar-refractivity contribution in [1.29, 1.82) is 0 Å². The quantitative estimate of drug-likeness (QED) is 0.619. The van der Waals surface area contributed by atoms with Crippen molar-refractivity contribution in [2.24, 2.45) is 0 Å². The van der Waals surface area contributed by atoms with E-state index in [0.717, 1.165) is 17.8 Å². The van der Waals surface area contributed by atoms with Gasteiger partial charge in [0.25, 0.3) is 0 Å². The molecular formula is C23H19F3N4O. The van der Waals surface area contributed by atoms with E-state index >= 15 is 0 Å². The lowest BCUT2D eigenvalue weighted by Crippen LogP contribution is -2.35. The van der Waals surface area contributed by atoms with Crippen LogP contribution in [0.25, 0.3) is 11.1 Å². The first kappa shape index (κ1) is 22.0. The van der Waals surface area contributed by atoms with E-state index in [1.54, 1.807) is 26.1 Å². The number of alkyl halides is 3. The molecule has 0 fully saturated rings. The van der Waals surface area contributed by atoms with Gasteiger partial charge in [0.1, 0.15) is 17.2 Å². The molecule has 0 bridgehead atoms. The predicted octanol–water partition coefficient (Wildman–Crippen LogP) is 4.11. The van der Waals surface area contributed by atoms with Crippen molar-refractivity contribution >= 4 is 11.7 Å².